The van der Waals surface area contributed by atoms with Crippen LogP contribution in [0.1, 0.15) is 58.4 Å². The van der Waals surface area contributed by atoms with E-state index < -0.39 is 0 Å². The Hall–Kier alpha value is -3.13. The van der Waals surface area contributed by atoms with Gasteiger partial charge in [-0.3, -0.25) is 15.1 Å². The maximum atomic E-state index is 13.2. The number of rotatable bonds is 15. The number of benzene rings is 1. The summed E-state index contributed by atoms with van der Waals surface area (Å²) in [5.74, 6) is 0.731. The largest absolute Gasteiger partial charge is 0.370 e. The molecule has 3 unspecified atom stereocenters. The number of carbonyl (C=O) groups excluding carboxylic acids is 2. The first-order valence-electron chi connectivity index (χ1n) is 14.6. The van der Waals surface area contributed by atoms with Crippen LogP contribution in [0.5, 0.6) is 0 Å². The van der Waals surface area contributed by atoms with Crippen molar-refractivity contribution in [1.82, 2.24) is 20.9 Å². The highest BCUT2D eigenvalue weighted by Gasteiger charge is 2.25. The van der Waals surface area contributed by atoms with Gasteiger partial charge in [-0.1, -0.05) is 69.3 Å². The monoisotopic (exact) mass is 538 g/mol. The summed E-state index contributed by atoms with van der Waals surface area (Å²) in [6, 6.07) is 9.79. The number of nitrogens with one attached hydrogen (secondary N) is 3. The smallest absolute Gasteiger partial charge is 0.321 e. The molecule has 3 amide bonds. The molecule has 1 fully saturated rings. The Morgan fingerprint density at radius 2 is 1.87 bits per heavy atom. The number of aliphatic imine (C=N–C) groups is 1. The van der Waals surface area contributed by atoms with Gasteiger partial charge in [0.25, 0.3) is 0 Å². The molecule has 0 bridgehead atoms. The Kier molecular flexibility index (Phi) is 15.0. The fraction of sp³-hybridized carbons (Fsp3) is 0.581. The van der Waals surface area contributed by atoms with Crippen LogP contribution < -0.4 is 21.7 Å². The van der Waals surface area contributed by atoms with Crippen molar-refractivity contribution in [1.29, 1.82) is 0 Å². The molecule has 3 atom stereocenters. The maximum Gasteiger partial charge on any atom is 0.321 e. The fourth-order valence-electron chi connectivity index (χ4n) is 5.27. The van der Waals surface area contributed by atoms with Crippen molar-refractivity contribution in [2.75, 3.05) is 39.3 Å². The number of nitrogens with zero attached hydrogens (tertiary/aromatic N) is 2. The van der Waals surface area contributed by atoms with Crippen LogP contribution in [0.15, 0.2) is 59.6 Å². The van der Waals surface area contributed by atoms with E-state index >= 15 is 0 Å². The fourth-order valence-corrected chi connectivity index (χ4v) is 5.27. The van der Waals surface area contributed by atoms with Crippen LogP contribution in [0.2, 0.25) is 0 Å². The van der Waals surface area contributed by atoms with Gasteiger partial charge >= 0.3 is 6.03 Å². The third kappa shape index (κ3) is 12.1. The third-order valence-corrected chi connectivity index (χ3v) is 7.62. The molecule has 1 aromatic carbocycles. The van der Waals surface area contributed by atoms with Gasteiger partial charge in [0, 0.05) is 19.6 Å². The zero-order valence-electron chi connectivity index (χ0n) is 24.3. The molecule has 8 heteroatoms. The molecule has 1 saturated carbocycles. The van der Waals surface area contributed by atoms with Crippen LogP contribution in [0.3, 0.4) is 0 Å². The van der Waals surface area contributed by atoms with E-state index in [1.807, 2.05) is 31.2 Å². The van der Waals surface area contributed by atoms with Crippen LogP contribution in [-0.2, 0) is 11.2 Å². The van der Waals surface area contributed by atoms with E-state index in [1.54, 1.807) is 6.08 Å². The van der Waals surface area contributed by atoms with Gasteiger partial charge < -0.3 is 21.3 Å². The Balaban J connectivity index is 1.78. The van der Waals surface area contributed by atoms with Gasteiger partial charge in [0.1, 0.15) is 0 Å². The Labute approximate surface area is 235 Å². The SMILES string of the molecule is C=CC(=CC)C(Cc1ccccc1)C(=O)NCC1CCCC(CN=C(N)NC(=O)NCCCN(CC)CC)C1. The van der Waals surface area contributed by atoms with Crippen molar-refractivity contribution in [3.8, 4) is 0 Å². The van der Waals surface area contributed by atoms with E-state index in [4.69, 9.17) is 5.73 Å². The maximum absolute atomic E-state index is 13.2. The van der Waals surface area contributed by atoms with Crippen LogP contribution >= 0.6 is 0 Å². The summed E-state index contributed by atoms with van der Waals surface area (Å²) in [6.45, 7) is 15.0. The van der Waals surface area contributed by atoms with Crippen molar-refractivity contribution < 1.29 is 9.59 Å². The van der Waals surface area contributed by atoms with Gasteiger partial charge in [0.05, 0.1) is 5.92 Å². The molecule has 1 aromatic rings. The lowest BCUT2D eigenvalue weighted by Gasteiger charge is -2.29. The standard InChI is InChI=1S/C31H50N6O2/c1-5-27(6-2)28(21-24-14-10-9-11-15-24)29(38)34-22-25-16-12-17-26(20-25)23-35-30(32)36-31(39)33-18-13-19-37(7-3)8-4/h5-6,9-11,14-15,25-26,28H,1,7-8,12-13,16-23H2,2-4H3,(H,34,38)(H4,32,33,35,36,39). The molecule has 0 radical (unpaired) electrons. The molecule has 2 rings (SSSR count). The number of hydrogen-bond donors (Lipinski definition) is 4. The molecular formula is C31H50N6O2. The summed E-state index contributed by atoms with van der Waals surface area (Å²) < 4.78 is 0. The average molecular weight is 539 g/mol. The minimum Gasteiger partial charge on any atom is -0.370 e. The molecule has 0 spiro atoms. The zero-order chi connectivity index (χ0) is 28.5. The van der Waals surface area contributed by atoms with Gasteiger partial charge in [0.2, 0.25) is 5.91 Å². The predicted molar refractivity (Wildman–Crippen MR) is 161 cm³/mol. The lowest BCUT2D eigenvalue weighted by Crippen LogP contribution is -2.44. The number of guanidine groups is 1. The van der Waals surface area contributed by atoms with Crippen molar-refractivity contribution in [2.24, 2.45) is 28.5 Å². The Morgan fingerprint density at radius 1 is 1.15 bits per heavy atom. The van der Waals surface area contributed by atoms with Gasteiger partial charge in [0.15, 0.2) is 5.96 Å². The van der Waals surface area contributed by atoms with E-state index in [0.717, 1.165) is 62.9 Å². The third-order valence-electron chi connectivity index (χ3n) is 7.62. The highest BCUT2D eigenvalue weighted by Crippen LogP contribution is 2.29. The molecule has 0 heterocycles. The van der Waals surface area contributed by atoms with Crippen molar-refractivity contribution >= 4 is 17.9 Å². The molecule has 0 aromatic heterocycles. The summed E-state index contributed by atoms with van der Waals surface area (Å²) in [7, 11) is 0. The molecule has 8 nitrogen and oxygen atoms in total. The van der Waals surface area contributed by atoms with Gasteiger partial charge in [-0.15, -0.1) is 0 Å². The normalized spacial score (nSPS) is 18.9. The first kappa shape index (κ1) is 32.1. The topological polar surface area (TPSA) is 112 Å². The van der Waals surface area contributed by atoms with Gasteiger partial charge in [-0.05, 0) is 81.6 Å². The molecule has 5 N–H and O–H groups in total. The minimum atomic E-state index is -0.315. The van der Waals surface area contributed by atoms with E-state index in [2.05, 4.69) is 58.4 Å². The first-order valence-corrected chi connectivity index (χ1v) is 14.6. The van der Waals surface area contributed by atoms with Gasteiger partial charge in [-0.25, -0.2) is 4.79 Å². The number of amides is 3. The summed E-state index contributed by atoms with van der Waals surface area (Å²) in [4.78, 5) is 32.1. The number of carbonyl (C=O) groups is 2. The summed E-state index contributed by atoms with van der Waals surface area (Å²) in [5.41, 5.74) is 8.05. The Bertz CT molecular complexity index is 942. The van der Waals surface area contributed by atoms with Crippen LogP contribution in [0, 0.1) is 17.8 Å². The average Bonchev–Trinajstić information content (AvgIpc) is 2.95. The molecular weight excluding hydrogens is 488 g/mol. The molecule has 216 valence electrons. The quantitative estimate of drug-likeness (QED) is 0.116. The van der Waals surface area contributed by atoms with E-state index in [-0.39, 0.29) is 23.8 Å². The van der Waals surface area contributed by atoms with Crippen molar-refractivity contribution in [3.05, 3.63) is 60.2 Å². The summed E-state index contributed by atoms with van der Waals surface area (Å²) in [6.07, 6.45) is 9.54. The molecule has 0 aliphatic heterocycles. The summed E-state index contributed by atoms with van der Waals surface area (Å²) in [5, 5.41) is 8.69. The second kappa shape index (κ2) is 18.2. The second-order valence-electron chi connectivity index (χ2n) is 10.4. The number of urea groups is 1. The second-order valence-corrected chi connectivity index (χ2v) is 10.4. The highest BCUT2D eigenvalue weighted by atomic mass is 16.2. The zero-order valence-corrected chi connectivity index (χ0v) is 24.3. The Morgan fingerprint density at radius 3 is 2.54 bits per heavy atom. The van der Waals surface area contributed by atoms with Crippen LogP contribution in [0.4, 0.5) is 4.79 Å². The van der Waals surface area contributed by atoms with Crippen molar-refractivity contribution in [2.45, 2.75) is 59.3 Å². The lowest BCUT2D eigenvalue weighted by molar-refractivity contribution is -0.124. The molecule has 39 heavy (non-hydrogen) atoms. The number of allylic oxidation sites excluding steroid dienone is 2. The number of nitrogens with two attached hydrogens (primary N) is 1. The van der Waals surface area contributed by atoms with Crippen molar-refractivity contribution in [3.63, 3.8) is 0 Å². The highest BCUT2D eigenvalue weighted by molar-refractivity contribution is 5.95. The van der Waals surface area contributed by atoms with Crippen LogP contribution in [-0.4, -0.2) is 62.1 Å². The lowest BCUT2D eigenvalue weighted by atomic mass is 9.81. The molecule has 0 saturated heterocycles. The van der Waals surface area contributed by atoms with E-state index in [9.17, 15) is 9.59 Å². The predicted octanol–water partition coefficient (Wildman–Crippen LogP) is 4.25. The van der Waals surface area contributed by atoms with Gasteiger partial charge in [-0.2, -0.15) is 0 Å². The van der Waals surface area contributed by atoms with E-state index in [1.165, 1.54) is 0 Å². The van der Waals surface area contributed by atoms with E-state index in [0.29, 0.717) is 37.9 Å². The summed E-state index contributed by atoms with van der Waals surface area (Å²) >= 11 is 0. The minimum absolute atomic E-state index is 0.0450. The number of hydrogen-bond acceptors (Lipinski definition) is 4. The molecule has 1 aliphatic carbocycles. The van der Waals surface area contributed by atoms with Crippen LogP contribution in [0.25, 0.3) is 0 Å². The molecule has 1 aliphatic rings. The first-order chi connectivity index (χ1) is 18.9.